The van der Waals surface area contributed by atoms with Gasteiger partial charge in [0.05, 0.1) is 22.9 Å². The maximum atomic E-state index is 13.1. The zero-order chi connectivity index (χ0) is 20.5. The number of amides is 2. The molecule has 11 heteroatoms. The topological polar surface area (TPSA) is 99.6 Å². The van der Waals surface area contributed by atoms with Gasteiger partial charge < -0.3 is 4.90 Å². The van der Waals surface area contributed by atoms with Gasteiger partial charge in [0.25, 0.3) is 0 Å². The molecule has 1 unspecified atom stereocenters. The predicted molar refractivity (Wildman–Crippen MR) is 111 cm³/mol. The number of urea groups is 1. The van der Waals surface area contributed by atoms with Crippen molar-refractivity contribution in [2.75, 3.05) is 29.8 Å². The molecule has 3 heterocycles. The smallest absolute Gasteiger partial charge is 0.304 e. The van der Waals surface area contributed by atoms with E-state index in [2.05, 4.69) is 20.0 Å². The summed E-state index contributed by atoms with van der Waals surface area (Å²) in [5.41, 5.74) is 2.41. The summed E-state index contributed by atoms with van der Waals surface area (Å²) >= 11 is 1.37. The summed E-state index contributed by atoms with van der Waals surface area (Å²) in [5.74, 6) is 0. The number of hydrogen-bond acceptors (Lipinski definition) is 6. The van der Waals surface area contributed by atoms with E-state index in [0.717, 1.165) is 24.1 Å². The number of aryl methyl sites for hydroxylation is 2. The second kappa shape index (κ2) is 8.10. The summed E-state index contributed by atoms with van der Waals surface area (Å²) in [4.78, 5) is 14.5. The normalized spacial score (nSPS) is 18.1. The summed E-state index contributed by atoms with van der Waals surface area (Å²) in [7, 11) is -0.429. The first-order valence-corrected chi connectivity index (χ1v) is 11.3. The molecule has 1 saturated heterocycles. The molecule has 2 N–H and O–H groups in total. The highest BCUT2D eigenvalue weighted by Crippen LogP contribution is 2.27. The Morgan fingerprint density at radius 1 is 1.36 bits per heavy atom. The van der Waals surface area contributed by atoms with Gasteiger partial charge >= 0.3 is 16.2 Å². The standard InChI is InChI=1S/C17H26N6O3S2/c1-12-11-27-16(13(12)2)19-17(24)20-28(25,26)23(15-8-18-22(4)10-15)14-6-5-7-21(3)9-14/h8,10-11,14H,5-7,9H2,1-4H3,(H2,19,20,24). The second-order valence-electron chi connectivity index (χ2n) is 7.16. The van der Waals surface area contributed by atoms with Crippen LogP contribution in [0.15, 0.2) is 17.8 Å². The summed E-state index contributed by atoms with van der Waals surface area (Å²) in [6.07, 6.45) is 4.73. The quantitative estimate of drug-likeness (QED) is 0.762. The minimum Gasteiger partial charge on any atom is -0.304 e. The van der Waals surface area contributed by atoms with Crippen LogP contribution in [0.3, 0.4) is 0 Å². The van der Waals surface area contributed by atoms with Crippen molar-refractivity contribution in [1.29, 1.82) is 0 Å². The molecule has 1 atom stereocenters. The van der Waals surface area contributed by atoms with Crippen LogP contribution in [0.1, 0.15) is 24.0 Å². The molecule has 0 bridgehead atoms. The molecule has 9 nitrogen and oxygen atoms in total. The largest absolute Gasteiger partial charge is 0.334 e. The van der Waals surface area contributed by atoms with E-state index in [1.54, 1.807) is 17.9 Å². The van der Waals surface area contributed by atoms with Crippen molar-refractivity contribution in [3.8, 4) is 0 Å². The lowest BCUT2D eigenvalue weighted by molar-refractivity contribution is 0.251. The fourth-order valence-corrected chi connectivity index (χ4v) is 5.60. The number of aromatic nitrogens is 2. The number of thiophene rings is 1. The Bertz CT molecular complexity index is 952. The van der Waals surface area contributed by atoms with Gasteiger partial charge in [0.1, 0.15) is 0 Å². The molecule has 2 aromatic heterocycles. The van der Waals surface area contributed by atoms with Crippen LogP contribution in [0.4, 0.5) is 15.5 Å². The van der Waals surface area contributed by atoms with Crippen LogP contribution >= 0.6 is 11.3 Å². The maximum Gasteiger partial charge on any atom is 0.334 e. The number of piperidine rings is 1. The molecule has 3 rings (SSSR count). The van der Waals surface area contributed by atoms with Gasteiger partial charge in [0.15, 0.2) is 0 Å². The van der Waals surface area contributed by atoms with Crippen LogP contribution in [-0.2, 0) is 17.3 Å². The molecule has 0 spiro atoms. The first-order valence-electron chi connectivity index (χ1n) is 9.02. The van der Waals surface area contributed by atoms with Crippen LogP contribution in [0.5, 0.6) is 0 Å². The number of carbonyl (C=O) groups is 1. The Hall–Kier alpha value is -2.11. The molecule has 1 fully saturated rings. The number of hydrogen-bond donors (Lipinski definition) is 2. The third-order valence-electron chi connectivity index (χ3n) is 4.87. The Kier molecular flexibility index (Phi) is 5.96. The van der Waals surface area contributed by atoms with Gasteiger partial charge in [-0.1, -0.05) is 0 Å². The van der Waals surface area contributed by atoms with E-state index >= 15 is 0 Å². The van der Waals surface area contributed by atoms with Gasteiger partial charge in [-0.3, -0.25) is 10.00 Å². The first-order chi connectivity index (χ1) is 13.2. The van der Waals surface area contributed by atoms with Gasteiger partial charge in [-0.2, -0.15) is 13.5 Å². The number of nitrogens with one attached hydrogen (secondary N) is 2. The van der Waals surface area contributed by atoms with E-state index < -0.39 is 16.2 Å². The zero-order valence-electron chi connectivity index (χ0n) is 16.5. The average Bonchev–Trinajstić information content (AvgIpc) is 3.15. The van der Waals surface area contributed by atoms with E-state index in [-0.39, 0.29) is 6.04 Å². The number of rotatable bonds is 5. The minimum absolute atomic E-state index is 0.279. The molecule has 1 aliphatic heterocycles. The van der Waals surface area contributed by atoms with Crippen molar-refractivity contribution in [2.24, 2.45) is 7.05 Å². The highest BCUT2D eigenvalue weighted by atomic mass is 32.2. The molecular weight excluding hydrogens is 400 g/mol. The van der Waals surface area contributed by atoms with Crippen molar-refractivity contribution >= 4 is 38.3 Å². The van der Waals surface area contributed by atoms with E-state index in [0.29, 0.717) is 23.7 Å². The molecule has 154 valence electrons. The lowest BCUT2D eigenvalue weighted by Crippen LogP contribution is -2.54. The Morgan fingerprint density at radius 2 is 2.11 bits per heavy atom. The van der Waals surface area contributed by atoms with Crippen LogP contribution in [0, 0.1) is 13.8 Å². The van der Waals surface area contributed by atoms with E-state index in [9.17, 15) is 13.2 Å². The highest BCUT2D eigenvalue weighted by molar-refractivity contribution is 7.91. The van der Waals surface area contributed by atoms with E-state index in [1.165, 1.54) is 21.8 Å². The SMILES string of the molecule is Cc1csc(NC(=O)NS(=O)(=O)N(c2cnn(C)c2)C2CCCN(C)C2)c1C. The van der Waals surface area contributed by atoms with Crippen molar-refractivity contribution < 1.29 is 13.2 Å². The summed E-state index contributed by atoms with van der Waals surface area (Å²) in [5, 5.41) is 9.29. The average molecular weight is 427 g/mol. The lowest BCUT2D eigenvalue weighted by atomic mass is 10.1. The molecule has 0 aliphatic carbocycles. The molecule has 0 radical (unpaired) electrons. The second-order valence-corrected chi connectivity index (χ2v) is 9.59. The van der Waals surface area contributed by atoms with Crippen LogP contribution in [0.25, 0.3) is 0 Å². The van der Waals surface area contributed by atoms with Crippen molar-refractivity contribution in [3.05, 3.63) is 28.9 Å². The molecule has 2 amide bonds. The molecule has 0 saturated carbocycles. The Morgan fingerprint density at radius 3 is 2.68 bits per heavy atom. The molecule has 1 aliphatic rings. The molecule has 2 aromatic rings. The van der Waals surface area contributed by atoms with Crippen molar-refractivity contribution in [1.82, 2.24) is 19.4 Å². The lowest BCUT2D eigenvalue weighted by Gasteiger charge is -2.37. The number of likely N-dealkylation sites (N-methyl/N-ethyl adjacent to an activating group) is 1. The number of likely N-dealkylation sites (tertiary alicyclic amines) is 1. The summed E-state index contributed by atoms with van der Waals surface area (Å²) < 4.78 is 31.3. The van der Waals surface area contributed by atoms with Crippen molar-refractivity contribution in [3.63, 3.8) is 0 Å². The van der Waals surface area contributed by atoms with Crippen LogP contribution in [0.2, 0.25) is 0 Å². The molecule has 0 aromatic carbocycles. The van der Waals surface area contributed by atoms with Gasteiger partial charge in [-0.15, -0.1) is 11.3 Å². The third-order valence-corrected chi connectivity index (χ3v) is 7.46. The van der Waals surface area contributed by atoms with Crippen molar-refractivity contribution in [2.45, 2.75) is 32.7 Å². The number of nitrogens with zero attached hydrogens (tertiary/aromatic N) is 4. The highest BCUT2D eigenvalue weighted by Gasteiger charge is 2.34. The first kappa shape index (κ1) is 20.6. The fourth-order valence-electron chi connectivity index (χ4n) is 3.32. The molecular formula is C17H26N6O3S2. The van der Waals surface area contributed by atoms with Gasteiger partial charge in [0.2, 0.25) is 0 Å². The van der Waals surface area contributed by atoms with Crippen LogP contribution < -0.4 is 14.3 Å². The number of anilines is 2. The fraction of sp³-hybridized carbons (Fsp3) is 0.529. The maximum absolute atomic E-state index is 13.1. The van der Waals surface area contributed by atoms with Gasteiger partial charge in [0, 0.05) is 19.8 Å². The number of carbonyl (C=O) groups excluding carboxylic acids is 1. The van der Waals surface area contributed by atoms with E-state index in [1.807, 2.05) is 26.3 Å². The third kappa shape index (κ3) is 4.47. The molecule has 28 heavy (non-hydrogen) atoms. The van der Waals surface area contributed by atoms with Gasteiger partial charge in [-0.05, 0) is 56.8 Å². The van der Waals surface area contributed by atoms with Gasteiger partial charge in [-0.25, -0.2) is 13.8 Å². The summed E-state index contributed by atoms with van der Waals surface area (Å²) in [6.45, 7) is 5.33. The van der Waals surface area contributed by atoms with Crippen LogP contribution in [-0.4, -0.2) is 55.3 Å². The summed E-state index contributed by atoms with van der Waals surface area (Å²) in [6, 6.07) is -1.05. The monoisotopic (exact) mass is 426 g/mol. The minimum atomic E-state index is -4.11. The Labute approximate surface area is 169 Å². The Balaban J connectivity index is 1.83. The van der Waals surface area contributed by atoms with E-state index in [4.69, 9.17) is 0 Å². The zero-order valence-corrected chi connectivity index (χ0v) is 18.1. The predicted octanol–water partition coefficient (Wildman–Crippen LogP) is 2.07.